The first kappa shape index (κ1) is 30.1. The number of benzene rings is 1. The van der Waals surface area contributed by atoms with Gasteiger partial charge in [-0.3, -0.25) is 19.2 Å². The van der Waals surface area contributed by atoms with Gasteiger partial charge in [0.1, 0.15) is 18.8 Å². The summed E-state index contributed by atoms with van der Waals surface area (Å²) in [5.41, 5.74) is 6.61. The van der Waals surface area contributed by atoms with E-state index in [-0.39, 0.29) is 42.3 Å². The number of ether oxygens (including phenoxy) is 4. The third-order valence-electron chi connectivity index (χ3n) is 5.47. The Bertz CT molecular complexity index is 869. The van der Waals surface area contributed by atoms with Gasteiger partial charge < -0.3 is 24.7 Å². The van der Waals surface area contributed by atoms with Crippen molar-refractivity contribution in [3.8, 4) is 11.5 Å². The zero-order valence-corrected chi connectivity index (χ0v) is 21.6. The summed E-state index contributed by atoms with van der Waals surface area (Å²) in [4.78, 5) is 48.5. The van der Waals surface area contributed by atoms with Gasteiger partial charge in [-0.1, -0.05) is 40.7 Å². The van der Waals surface area contributed by atoms with Gasteiger partial charge in [-0.25, -0.2) is 0 Å². The van der Waals surface area contributed by atoms with E-state index in [2.05, 4.69) is 0 Å². The third kappa shape index (κ3) is 10.5. The SMILES string of the molecule is CCCC(=O)OC[C@H](C)OC(=O)[C@@H](N)Cc1ccc(OC(=O)C(C)CC)c(OC(=O)C(C)CC)c1. The van der Waals surface area contributed by atoms with E-state index in [1.54, 1.807) is 26.8 Å². The van der Waals surface area contributed by atoms with Crippen LogP contribution in [0.15, 0.2) is 18.2 Å². The molecule has 0 aliphatic carbocycles. The van der Waals surface area contributed by atoms with E-state index in [0.717, 1.165) is 0 Å². The Hall–Kier alpha value is -2.94. The van der Waals surface area contributed by atoms with Gasteiger partial charge in [-0.15, -0.1) is 0 Å². The fraction of sp³-hybridized carbons (Fsp3) is 0.615. The quantitative estimate of drug-likeness (QED) is 0.304. The molecule has 0 aliphatic rings. The van der Waals surface area contributed by atoms with Crippen molar-refractivity contribution in [2.75, 3.05) is 6.61 Å². The van der Waals surface area contributed by atoms with Crippen molar-refractivity contribution in [2.24, 2.45) is 17.6 Å². The third-order valence-corrected chi connectivity index (χ3v) is 5.47. The molecule has 0 saturated heterocycles. The lowest BCUT2D eigenvalue weighted by atomic mass is 10.1. The van der Waals surface area contributed by atoms with Crippen LogP contribution in [-0.4, -0.2) is 42.6 Å². The molecule has 0 radical (unpaired) electrons. The van der Waals surface area contributed by atoms with Crippen LogP contribution >= 0.6 is 0 Å². The van der Waals surface area contributed by atoms with Crippen molar-refractivity contribution in [3.63, 3.8) is 0 Å². The number of nitrogens with two attached hydrogens (primary N) is 1. The summed E-state index contributed by atoms with van der Waals surface area (Å²) in [5, 5.41) is 0. The Balaban J connectivity index is 2.92. The molecular weight excluding hydrogens is 454 g/mol. The molecule has 35 heavy (non-hydrogen) atoms. The smallest absolute Gasteiger partial charge is 0.323 e. The average molecular weight is 494 g/mol. The minimum Gasteiger partial charge on any atom is -0.462 e. The molecule has 196 valence electrons. The fourth-order valence-electron chi connectivity index (χ4n) is 2.74. The Morgan fingerprint density at radius 2 is 1.43 bits per heavy atom. The van der Waals surface area contributed by atoms with E-state index in [1.807, 2.05) is 20.8 Å². The molecule has 4 atom stereocenters. The average Bonchev–Trinajstić information content (AvgIpc) is 2.83. The highest BCUT2D eigenvalue weighted by Crippen LogP contribution is 2.31. The summed E-state index contributed by atoms with van der Waals surface area (Å²) < 4.78 is 21.3. The lowest BCUT2D eigenvalue weighted by molar-refractivity contribution is -0.159. The van der Waals surface area contributed by atoms with Crippen molar-refractivity contribution in [2.45, 2.75) is 85.8 Å². The van der Waals surface area contributed by atoms with Crippen LogP contribution in [0.3, 0.4) is 0 Å². The Morgan fingerprint density at radius 1 is 0.857 bits per heavy atom. The Labute approximate surface area is 207 Å². The summed E-state index contributed by atoms with van der Waals surface area (Å²) in [6.45, 7) is 10.6. The Kier molecular flexibility index (Phi) is 13.0. The van der Waals surface area contributed by atoms with Crippen LogP contribution in [-0.2, 0) is 35.1 Å². The molecule has 0 aliphatic heterocycles. The molecule has 0 saturated carbocycles. The predicted molar refractivity (Wildman–Crippen MR) is 130 cm³/mol. The highest BCUT2D eigenvalue weighted by Gasteiger charge is 2.23. The molecule has 2 unspecified atom stereocenters. The maximum absolute atomic E-state index is 12.4. The van der Waals surface area contributed by atoms with Gasteiger partial charge in [0.15, 0.2) is 11.5 Å². The topological polar surface area (TPSA) is 131 Å². The molecule has 0 spiro atoms. The Morgan fingerprint density at radius 3 is 1.97 bits per heavy atom. The number of carbonyl (C=O) groups is 4. The first-order valence-corrected chi connectivity index (χ1v) is 12.2. The molecule has 1 aromatic carbocycles. The normalized spacial score (nSPS) is 14.3. The van der Waals surface area contributed by atoms with Gasteiger partial charge in [0.05, 0.1) is 11.8 Å². The van der Waals surface area contributed by atoms with Crippen LogP contribution in [0, 0.1) is 11.8 Å². The van der Waals surface area contributed by atoms with Gasteiger partial charge in [0.2, 0.25) is 0 Å². The molecule has 1 aromatic rings. The first-order chi connectivity index (χ1) is 16.5. The largest absolute Gasteiger partial charge is 0.462 e. The lowest BCUT2D eigenvalue weighted by Gasteiger charge is -2.18. The highest BCUT2D eigenvalue weighted by atomic mass is 16.6. The van der Waals surface area contributed by atoms with Crippen LogP contribution in [0.25, 0.3) is 0 Å². The van der Waals surface area contributed by atoms with Crippen molar-refractivity contribution in [1.29, 1.82) is 0 Å². The molecule has 0 bridgehead atoms. The summed E-state index contributed by atoms with van der Waals surface area (Å²) in [6, 6.07) is 3.68. The van der Waals surface area contributed by atoms with Crippen LogP contribution in [0.4, 0.5) is 0 Å². The van der Waals surface area contributed by atoms with Crippen molar-refractivity contribution in [1.82, 2.24) is 0 Å². The van der Waals surface area contributed by atoms with Crippen LogP contribution in [0.2, 0.25) is 0 Å². The van der Waals surface area contributed by atoms with E-state index >= 15 is 0 Å². The maximum atomic E-state index is 12.4. The molecule has 2 N–H and O–H groups in total. The minimum atomic E-state index is -1.00. The van der Waals surface area contributed by atoms with Crippen molar-refractivity contribution >= 4 is 23.9 Å². The zero-order chi connectivity index (χ0) is 26.5. The number of rotatable bonds is 14. The number of hydrogen-bond donors (Lipinski definition) is 1. The van der Waals surface area contributed by atoms with Crippen molar-refractivity contribution < 1.29 is 38.1 Å². The predicted octanol–water partition coefficient (Wildman–Crippen LogP) is 3.73. The number of hydrogen-bond acceptors (Lipinski definition) is 9. The minimum absolute atomic E-state index is 0.0523. The summed E-state index contributed by atoms with van der Waals surface area (Å²) >= 11 is 0. The van der Waals surface area contributed by atoms with E-state index in [1.165, 1.54) is 12.1 Å². The molecule has 0 aromatic heterocycles. The summed E-state index contributed by atoms with van der Waals surface area (Å²) in [7, 11) is 0. The van der Waals surface area contributed by atoms with Gasteiger partial charge >= 0.3 is 23.9 Å². The van der Waals surface area contributed by atoms with Gasteiger partial charge in [-0.2, -0.15) is 0 Å². The highest BCUT2D eigenvalue weighted by molar-refractivity contribution is 5.79. The molecule has 1 rings (SSSR count). The van der Waals surface area contributed by atoms with E-state index in [0.29, 0.717) is 31.2 Å². The molecule has 0 fully saturated rings. The maximum Gasteiger partial charge on any atom is 0.323 e. The second-order valence-corrected chi connectivity index (χ2v) is 8.73. The van der Waals surface area contributed by atoms with Gasteiger partial charge in [-0.05, 0) is 50.3 Å². The van der Waals surface area contributed by atoms with Gasteiger partial charge in [0, 0.05) is 6.42 Å². The molecule has 9 heteroatoms. The first-order valence-electron chi connectivity index (χ1n) is 12.2. The summed E-state index contributed by atoms with van der Waals surface area (Å²) in [5.74, 6) is -2.37. The fourth-order valence-corrected chi connectivity index (χ4v) is 2.74. The monoisotopic (exact) mass is 493 g/mol. The number of esters is 4. The summed E-state index contributed by atoms with van der Waals surface area (Å²) in [6.07, 6.45) is 1.60. The van der Waals surface area contributed by atoms with E-state index < -0.39 is 30.1 Å². The standard InChI is InChI=1S/C26H39NO8/c1-7-10-23(28)32-15-18(6)33-26(31)20(27)13-19-11-12-21(34-24(29)16(4)8-2)22(14-19)35-25(30)17(5)9-3/h11-12,14,16-18,20H,7-10,13,15,27H2,1-6H3/t16?,17?,18-,20-/m0/s1. The van der Waals surface area contributed by atoms with Gasteiger partial charge in [0.25, 0.3) is 0 Å². The second kappa shape index (κ2) is 15.1. The lowest BCUT2D eigenvalue weighted by Crippen LogP contribution is -2.37. The molecule has 9 nitrogen and oxygen atoms in total. The van der Waals surface area contributed by atoms with Crippen LogP contribution < -0.4 is 15.2 Å². The second-order valence-electron chi connectivity index (χ2n) is 8.73. The van der Waals surface area contributed by atoms with Crippen LogP contribution in [0.5, 0.6) is 11.5 Å². The van der Waals surface area contributed by atoms with Crippen LogP contribution in [0.1, 0.15) is 72.8 Å². The van der Waals surface area contributed by atoms with E-state index in [9.17, 15) is 19.2 Å². The zero-order valence-electron chi connectivity index (χ0n) is 21.6. The van der Waals surface area contributed by atoms with Crippen molar-refractivity contribution in [3.05, 3.63) is 23.8 Å². The molecule has 0 heterocycles. The number of carbonyl (C=O) groups excluding carboxylic acids is 4. The van der Waals surface area contributed by atoms with E-state index in [4.69, 9.17) is 24.7 Å². The molecule has 0 amide bonds. The molecular formula is C26H39NO8.